The standard InChI is InChI=1S/C14H23NO4/c16-12-7-2-1-5-10(12)9-13(17)15-8-4-3-6-11(15)14(18)19/h10-12,16H,1-9H2,(H,18,19)/t10-,11?,12+/m0/s1. The molecule has 0 bridgehead atoms. The molecule has 108 valence electrons. The third-order valence-electron chi connectivity index (χ3n) is 4.41. The summed E-state index contributed by atoms with van der Waals surface area (Å²) in [5.74, 6) is -0.993. The quantitative estimate of drug-likeness (QED) is 0.811. The average molecular weight is 269 g/mol. The topological polar surface area (TPSA) is 77.8 Å². The van der Waals surface area contributed by atoms with Crippen molar-refractivity contribution in [1.29, 1.82) is 0 Å². The Morgan fingerprint density at radius 3 is 2.42 bits per heavy atom. The van der Waals surface area contributed by atoms with E-state index in [0.717, 1.165) is 38.5 Å². The molecule has 1 unspecified atom stereocenters. The van der Waals surface area contributed by atoms with E-state index < -0.39 is 18.1 Å². The maximum Gasteiger partial charge on any atom is 0.326 e. The molecule has 1 aliphatic heterocycles. The Hall–Kier alpha value is -1.10. The summed E-state index contributed by atoms with van der Waals surface area (Å²) in [6.45, 7) is 0.540. The van der Waals surface area contributed by atoms with Crippen LogP contribution < -0.4 is 0 Å². The van der Waals surface area contributed by atoms with E-state index in [9.17, 15) is 19.8 Å². The van der Waals surface area contributed by atoms with E-state index in [1.807, 2.05) is 0 Å². The number of hydrogen-bond donors (Lipinski definition) is 2. The van der Waals surface area contributed by atoms with Gasteiger partial charge >= 0.3 is 5.97 Å². The molecule has 2 N–H and O–H groups in total. The van der Waals surface area contributed by atoms with Gasteiger partial charge in [-0.1, -0.05) is 12.8 Å². The first-order valence-electron chi connectivity index (χ1n) is 7.30. The van der Waals surface area contributed by atoms with Crippen LogP contribution in [0.3, 0.4) is 0 Å². The number of rotatable bonds is 3. The van der Waals surface area contributed by atoms with Crippen molar-refractivity contribution in [3.05, 3.63) is 0 Å². The molecule has 1 amide bonds. The van der Waals surface area contributed by atoms with Gasteiger partial charge in [0.25, 0.3) is 0 Å². The minimum Gasteiger partial charge on any atom is -0.480 e. The Bertz CT molecular complexity index is 344. The smallest absolute Gasteiger partial charge is 0.326 e. The Labute approximate surface area is 113 Å². The highest BCUT2D eigenvalue weighted by Crippen LogP contribution is 2.28. The lowest BCUT2D eigenvalue weighted by Gasteiger charge is -2.35. The molecule has 2 fully saturated rings. The van der Waals surface area contributed by atoms with Crippen molar-refractivity contribution in [3.8, 4) is 0 Å². The van der Waals surface area contributed by atoms with Crippen molar-refractivity contribution in [1.82, 2.24) is 4.90 Å². The van der Waals surface area contributed by atoms with Crippen LogP contribution in [0.5, 0.6) is 0 Å². The average Bonchev–Trinajstić information content (AvgIpc) is 2.41. The van der Waals surface area contributed by atoms with Crippen LogP contribution in [-0.4, -0.2) is 45.7 Å². The van der Waals surface area contributed by atoms with Crippen LogP contribution in [0.1, 0.15) is 51.4 Å². The summed E-state index contributed by atoms with van der Waals surface area (Å²) >= 11 is 0. The van der Waals surface area contributed by atoms with Crippen molar-refractivity contribution in [2.45, 2.75) is 63.5 Å². The third kappa shape index (κ3) is 3.47. The van der Waals surface area contributed by atoms with Crippen LogP contribution in [0, 0.1) is 5.92 Å². The Balaban J connectivity index is 1.95. The first-order valence-corrected chi connectivity index (χ1v) is 7.30. The van der Waals surface area contributed by atoms with Gasteiger partial charge in [-0.15, -0.1) is 0 Å². The molecule has 2 aliphatic rings. The summed E-state index contributed by atoms with van der Waals surface area (Å²) in [4.78, 5) is 25.0. The van der Waals surface area contributed by atoms with Crippen molar-refractivity contribution >= 4 is 11.9 Å². The molecule has 2 rings (SSSR count). The summed E-state index contributed by atoms with van der Waals surface area (Å²) in [5, 5.41) is 19.1. The van der Waals surface area contributed by atoms with E-state index in [0.29, 0.717) is 19.4 Å². The predicted octanol–water partition coefficient (Wildman–Crippen LogP) is 1.39. The maximum atomic E-state index is 12.3. The number of nitrogens with zero attached hydrogens (tertiary/aromatic N) is 1. The second kappa shape index (κ2) is 6.37. The lowest BCUT2D eigenvalue weighted by Crippen LogP contribution is -2.49. The number of carboxylic acid groups (broad SMARTS) is 1. The molecule has 0 aromatic heterocycles. The molecule has 0 aromatic rings. The van der Waals surface area contributed by atoms with E-state index in [1.54, 1.807) is 0 Å². The van der Waals surface area contributed by atoms with E-state index >= 15 is 0 Å². The second-order valence-corrected chi connectivity index (χ2v) is 5.75. The van der Waals surface area contributed by atoms with Crippen molar-refractivity contribution in [3.63, 3.8) is 0 Å². The molecule has 0 radical (unpaired) electrons. The zero-order valence-corrected chi connectivity index (χ0v) is 11.3. The van der Waals surface area contributed by atoms with Gasteiger partial charge in [-0.2, -0.15) is 0 Å². The van der Waals surface area contributed by atoms with Gasteiger partial charge in [0.2, 0.25) is 5.91 Å². The predicted molar refractivity (Wildman–Crippen MR) is 69.6 cm³/mol. The summed E-state index contributed by atoms with van der Waals surface area (Å²) in [7, 11) is 0. The SMILES string of the molecule is O=C(O)C1CCCCN1C(=O)C[C@@H]1CCCC[C@H]1O. The Kier molecular flexibility index (Phi) is 4.80. The molecule has 5 nitrogen and oxygen atoms in total. The normalized spacial score (nSPS) is 32.1. The zero-order valence-electron chi connectivity index (χ0n) is 11.3. The van der Waals surface area contributed by atoms with Crippen LogP contribution in [0.25, 0.3) is 0 Å². The van der Waals surface area contributed by atoms with Gasteiger partial charge in [-0.3, -0.25) is 4.79 Å². The second-order valence-electron chi connectivity index (χ2n) is 5.75. The van der Waals surface area contributed by atoms with Gasteiger partial charge in [-0.05, 0) is 38.0 Å². The lowest BCUT2D eigenvalue weighted by molar-refractivity contribution is -0.153. The lowest BCUT2D eigenvalue weighted by atomic mass is 9.84. The highest BCUT2D eigenvalue weighted by atomic mass is 16.4. The van der Waals surface area contributed by atoms with Crippen LogP contribution >= 0.6 is 0 Å². The first kappa shape index (κ1) is 14.3. The van der Waals surface area contributed by atoms with Crippen LogP contribution in [0.15, 0.2) is 0 Å². The highest BCUT2D eigenvalue weighted by Gasteiger charge is 2.34. The number of aliphatic hydroxyl groups is 1. The fraction of sp³-hybridized carbons (Fsp3) is 0.857. The molecular formula is C14H23NO4. The fourth-order valence-corrected chi connectivity index (χ4v) is 3.25. The van der Waals surface area contributed by atoms with Crippen LogP contribution in [-0.2, 0) is 9.59 Å². The number of carboxylic acids is 1. The number of aliphatic carboxylic acids is 1. The summed E-state index contributed by atoms with van der Waals surface area (Å²) in [5.41, 5.74) is 0. The number of carbonyl (C=O) groups excluding carboxylic acids is 1. The number of likely N-dealkylation sites (tertiary alicyclic amines) is 1. The summed E-state index contributed by atoms with van der Waals surface area (Å²) in [6.07, 6.45) is 5.91. The van der Waals surface area contributed by atoms with Crippen molar-refractivity contribution in [2.75, 3.05) is 6.54 Å². The number of amides is 1. The van der Waals surface area contributed by atoms with Gasteiger partial charge in [0, 0.05) is 13.0 Å². The third-order valence-corrected chi connectivity index (χ3v) is 4.41. The first-order chi connectivity index (χ1) is 9.09. The van der Waals surface area contributed by atoms with E-state index in [2.05, 4.69) is 0 Å². The van der Waals surface area contributed by atoms with Gasteiger partial charge in [0.1, 0.15) is 6.04 Å². The van der Waals surface area contributed by atoms with Crippen molar-refractivity contribution in [2.24, 2.45) is 5.92 Å². The Morgan fingerprint density at radius 2 is 1.74 bits per heavy atom. The van der Waals surface area contributed by atoms with E-state index in [-0.39, 0.29) is 11.8 Å². The highest BCUT2D eigenvalue weighted by molar-refractivity contribution is 5.84. The molecule has 19 heavy (non-hydrogen) atoms. The van der Waals surface area contributed by atoms with Gasteiger partial charge in [0.15, 0.2) is 0 Å². The molecule has 5 heteroatoms. The fourth-order valence-electron chi connectivity index (χ4n) is 3.25. The minimum atomic E-state index is -0.905. The number of aliphatic hydroxyl groups excluding tert-OH is 1. The summed E-state index contributed by atoms with van der Waals surface area (Å²) in [6, 6.07) is -0.665. The van der Waals surface area contributed by atoms with Crippen molar-refractivity contribution < 1.29 is 19.8 Å². The molecular weight excluding hydrogens is 246 g/mol. The summed E-state index contributed by atoms with van der Waals surface area (Å²) < 4.78 is 0. The number of hydrogen-bond acceptors (Lipinski definition) is 3. The molecule has 1 heterocycles. The molecule has 0 spiro atoms. The van der Waals surface area contributed by atoms with E-state index in [4.69, 9.17) is 0 Å². The van der Waals surface area contributed by atoms with Crippen LogP contribution in [0.4, 0.5) is 0 Å². The molecule has 1 saturated carbocycles. The maximum absolute atomic E-state index is 12.3. The van der Waals surface area contributed by atoms with Gasteiger partial charge in [-0.25, -0.2) is 4.79 Å². The van der Waals surface area contributed by atoms with Crippen LogP contribution in [0.2, 0.25) is 0 Å². The molecule has 0 aromatic carbocycles. The van der Waals surface area contributed by atoms with Gasteiger partial charge in [0.05, 0.1) is 6.10 Å². The monoisotopic (exact) mass is 269 g/mol. The largest absolute Gasteiger partial charge is 0.480 e. The minimum absolute atomic E-state index is 0.0117. The molecule has 1 aliphatic carbocycles. The van der Waals surface area contributed by atoms with E-state index in [1.165, 1.54) is 4.90 Å². The Morgan fingerprint density at radius 1 is 1.05 bits per heavy atom. The number of carbonyl (C=O) groups is 2. The zero-order chi connectivity index (χ0) is 13.8. The molecule has 3 atom stereocenters. The molecule has 1 saturated heterocycles. The number of piperidine rings is 1. The van der Waals surface area contributed by atoms with Gasteiger partial charge < -0.3 is 15.1 Å².